The number of rotatable bonds is 8. The van der Waals surface area contributed by atoms with Gasteiger partial charge in [0.1, 0.15) is 12.4 Å². The van der Waals surface area contributed by atoms with Crippen molar-refractivity contribution in [3.8, 4) is 6.07 Å². The number of nitrogens with one attached hydrogen (secondary N) is 1. The molecule has 0 saturated heterocycles. The summed E-state index contributed by atoms with van der Waals surface area (Å²) in [7, 11) is -7.61. The molecule has 0 radical (unpaired) electrons. The first-order valence-electron chi connectivity index (χ1n) is 12.4. The second-order valence-electron chi connectivity index (χ2n) is 9.01. The summed E-state index contributed by atoms with van der Waals surface area (Å²) in [6.07, 6.45) is 2.62. The van der Waals surface area contributed by atoms with E-state index in [-0.39, 0.29) is 12.6 Å². The highest BCUT2D eigenvalue weighted by atomic mass is 32.3. The zero-order valence-electron chi connectivity index (χ0n) is 24.0. The van der Waals surface area contributed by atoms with E-state index in [4.69, 9.17) is 5.26 Å². The maximum Gasteiger partial charge on any atom is 0.480 e. The molecule has 0 spiro atoms. The van der Waals surface area contributed by atoms with Crippen molar-refractivity contribution in [3.63, 3.8) is 0 Å². The van der Waals surface area contributed by atoms with E-state index in [1.807, 2.05) is 12.1 Å². The van der Waals surface area contributed by atoms with Crippen LogP contribution in [0.25, 0.3) is 0 Å². The molecule has 0 amide bonds. The summed E-state index contributed by atoms with van der Waals surface area (Å²) in [5, 5.41) is 10.7. The molecule has 40 heavy (non-hydrogen) atoms. The fourth-order valence-corrected chi connectivity index (χ4v) is 4.41. The van der Waals surface area contributed by atoms with Gasteiger partial charge in [-0.2, -0.15) is 26.4 Å². The molecule has 3 aromatic rings. The van der Waals surface area contributed by atoms with Crippen LogP contribution in [0.4, 0.5) is 7.77 Å². The van der Waals surface area contributed by atoms with Gasteiger partial charge in [-0.05, 0) is 25.0 Å². The molecule has 13 heteroatoms. The summed E-state index contributed by atoms with van der Waals surface area (Å²) in [5.74, 6) is 0.326. The van der Waals surface area contributed by atoms with Gasteiger partial charge in [0.15, 0.2) is 0 Å². The van der Waals surface area contributed by atoms with E-state index in [0.717, 1.165) is 22.6 Å². The molecule has 1 aromatic heterocycles. The first-order chi connectivity index (χ1) is 18.5. The molecule has 1 N–H and O–H groups in total. The number of benzene rings is 2. The lowest BCUT2D eigenvalue weighted by molar-refractivity contribution is -0.676. The highest BCUT2D eigenvalue weighted by molar-refractivity contribution is 7.84. The van der Waals surface area contributed by atoms with Crippen LogP contribution in [0, 0.1) is 18.3 Å². The van der Waals surface area contributed by atoms with Crippen molar-refractivity contribution in [2.24, 2.45) is 7.05 Å². The number of hydrogen-bond acceptors (Lipinski definition) is 6. The molecule has 222 valence electrons. The minimum Gasteiger partial charge on any atom is -0.310 e. The van der Waals surface area contributed by atoms with E-state index in [9.17, 15) is 24.6 Å². The number of nitriles is 1. The predicted octanol–water partition coefficient (Wildman–Crippen LogP) is 4.51. The van der Waals surface area contributed by atoms with Gasteiger partial charge in [-0.25, -0.2) is 4.57 Å². The van der Waals surface area contributed by atoms with Gasteiger partial charge in [0.25, 0.3) is 5.82 Å². The zero-order chi connectivity index (χ0) is 30.9. The summed E-state index contributed by atoms with van der Waals surface area (Å²) in [6.45, 7) is 11.6. The number of hydrogen-bond donors (Lipinski definition) is 1. The molecular formula is C27H40F2N5O4S2+. The van der Waals surface area contributed by atoms with Crippen LogP contribution < -0.4 is 9.88 Å². The number of nitrogens with zero attached hydrogens (tertiary/aromatic N) is 4. The summed E-state index contributed by atoms with van der Waals surface area (Å²) in [4.78, 5) is 0. The standard InChI is InChI=1S/C10H14FNO2S.C10H15N.C5H8FN2O2S.C2H3N/c1-9(2)12(15(11,13)14)8-10-6-4-3-5-7-10;1-9(2)11-8-10-6-4-3-5-7-10;1-5-7(2)3-4-8(5)11(6,9)10;1-2-3/h3-7,9H,8H2,1-2H3;3-7,9,11H,8H2,1-2H3;3-4H,1-2H3;1H3/q;;+1;. The van der Waals surface area contributed by atoms with Crippen LogP contribution in [-0.2, 0) is 41.0 Å². The van der Waals surface area contributed by atoms with Crippen molar-refractivity contribution in [2.45, 2.75) is 66.7 Å². The van der Waals surface area contributed by atoms with Gasteiger partial charge in [-0.1, -0.05) is 86.3 Å². The van der Waals surface area contributed by atoms with E-state index < -0.39 is 20.8 Å². The number of aromatic nitrogens is 2. The van der Waals surface area contributed by atoms with Gasteiger partial charge in [0, 0.05) is 39.0 Å². The van der Waals surface area contributed by atoms with Crippen molar-refractivity contribution in [1.29, 1.82) is 5.26 Å². The van der Waals surface area contributed by atoms with Gasteiger partial charge < -0.3 is 5.32 Å². The quantitative estimate of drug-likeness (QED) is 0.301. The van der Waals surface area contributed by atoms with E-state index in [1.54, 1.807) is 51.2 Å². The molecule has 1 heterocycles. The van der Waals surface area contributed by atoms with Gasteiger partial charge >= 0.3 is 20.8 Å². The van der Waals surface area contributed by atoms with Crippen molar-refractivity contribution < 1.29 is 29.2 Å². The molecular weight excluding hydrogens is 560 g/mol. The molecule has 0 bridgehead atoms. The second kappa shape index (κ2) is 18.2. The van der Waals surface area contributed by atoms with Crippen molar-refractivity contribution >= 4 is 20.8 Å². The second-order valence-corrected chi connectivity index (χ2v) is 11.5. The Hall–Kier alpha value is -3.18. The average molecular weight is 601 g/mol. The molecule has 3 rings (SSSR count). The van der Waals surface area contributed by atoms with Crippen LogP contribution in [0.1, 0.15) is 51.6 Å². The van der Waals surface area contributed by atoms with Gasteiger partial charge in [0.2, 0.25) is 0 Å². The maximum absolute atomic E-state index is 12.9. The Labute approximate surface area is 238 Å². The molecule has 0 fully saturated rings. The average Bonchev–Trinajstić information content (AvgIpc) is 3.21. The maximum atomic E-state index is 12.9. The first-order valence-corrected chi connectivity index (χ1v) is 15.0. The van der Waals surface area contributed by atoms with E-state index >= 15 is 0 Å². The van der Waals surface area contributed by atoms with Crippen LogP contribution in [-0.4, -0.2) is 37.2 Å². The Kier molecular flexibility index (Phi) is 16.8. The third kappa shape index (κ3) is 15.4. The van der Waals surface area contributed by atoms with Crippen molar-refractivity contribution in [3.05, 3.63) is 90.0 Å². The largest absolute Gasteiger partial charge is 0.480 e. The monoisotopic (exact) mass is 600 g/mol. The predicted molar refractivity (Wildman–Crippen MR) is 153 cm³/mol. The van der Waals surface area contributed by atoms with E-state index in [1.165, 1.54) is 30.2 Å². The Morgan fingerprint density at radius 2 is 1.40 bits per heavy atom. The van der Waals surface area contributed by atoms with Crippen LogP contribution in [0.5, 0.6) is 0 Å². The van der Waals surface area contributed by atoms with E-state index in [2.05, 4.69) is 43.4 Å². The minimum absolute atomic E-state index is 0.0668. The van der Waals surface area contributed by atoms with Crippen molar-refractivity contribution in [2.75, 3.05) is 0 Å². The molecule has 0 aliphatic carbocycles. The zero-order valence-corrected chi connectivity index (χ0v) is 25.6. The SMILES string of the molecule is CC#N.CC(C)N(Cc1ccccc1)S(=O)(=O)F.CC(C)NCc1ccccc1.Cc1n(S(=O)(=O)F)cc[n+]1C. The Morgan fingerprint density at radius 3 is 1.70 bits per heavy atom. The van der Waals surface area contributed by atoms with Gasteiger partial charge in [-0.15, -0.1) is 0 Å². The molecule has 0 aliphatic rings. The third-order valence-corrected chi connectivity index (χ3v) is 7.05. The van der Waals surface area contributed by atoms with Gasteiger partial charge in [0.05, 0.1) is 13.1 Å². The molecule has 0 unspecified atom stereocenters. The molecule has 2 aromatic carbocycles. The Bertz CT molecular complexity index is 1380. The Morgan fingerprint density at radius 1 is 0.950 bits per heavy atom. The van der Waals surface area contributed by atoms with Crippen LogP contribution in [0.3, 0.4) is 0 Å². The van der Waals surface area contributed by atoms with Gasteiger partial charge in [-0.3, -0.25) is 0 Å². The molecule has 0 saturated carbocycles. The highest BCUT2D eigenvalue weighted by Crippen LogP contribution is 2.14. The third-order valence-electron chi connectivity index (χ3n) is 5.08. The summed E-state index contributed by atoms with van der Waals surface area (Å²) >= 11 is 0. The smallest absolute Gasteiger partial charge is 0.310 e. The van der Waals surface area contributed by atoms with Crippen molar-refractivity contribution in [1.82, 2.24) is 13.6 Å². The molecule has 0 atom stereocenters. The minimum atomic E-state index is -4.63. The number of imidazole rings is 1. The summed E-state index contributed by atoms with van der Waals surface area (Å²) in [6, 6.07) is 21.3. The normalized spacial score (nSPS) is 11.0. The van der Waals surface area contributed by atoms with E-state index in [0.29, 0.717) is 15.8 Å². The summed E-state index contributed by atoms with van der Waals surface area (Å²) in [5.41, 5.74) is 2.12. The van der Waals surface area contributed by atoms with Crippen LogP contribution in [0.15, 0.2) is 73.1 Å². The molecule has 9 nitrogen and oxygen atoms in total. The lowest BCUT2D eigenvalue weighted by atomic mass is 10.2. The number of aryl methyl sites for hydroxylation is 1. The van der Waals surface area contributed by atoms with Crippen LogP contribution >= 0.6 is 0 Å². The topological polar surface area (TPSA) is 116 Å². The lowest BCUT2D eigenvalue weighted by Gasteiger charge is -2.21. The highest BCUT2D eigenvalue weighted by Gasteiger charge is 2.24. The number of halogens is 2. The fourth-order valence-electron chi connectivity index (χ4n) is 2.95. The fraction of sp³-hybridized carbons (Fsp3) is 0.407. The van der Waals surface area contributed by atoms with Crippen LogP contribution in [0.2, 0.25) is 0 Å². The summed E-state index contributed by atoms with van der Waals surface area (Å²) < 4.78 is 70.5. The molecule has 0 aliphatic heterocycles. The first kappa shape index (κ1) is 36.8. The lowest BCUT2D eigenvalue weighted by Crippen LogP contribution is -2.33. The Balaban J connectivity index is 0.000000551.